The van der Waals surface area contributed by atoms with Gasteiger partial charge in [-0.3, -0.25) is 0 Å². The van der Waals surface area contributed by atoms with Crippen LogP contribution in [0.4, 0.5) is 5.82 Å². The average Bonchev–Trinajstić information content (AvgIpc) is 2.46. The van der Waals surface area contributed by atoms with E-state index in [1.54, 1.807) is 18.2 Å². The fraction of sp³-hybridized carbons (Fsp3) is 0.154. The van der Waals surface area contributed by atoms with Gasteiger partial charge < -0.3 is 10.5 Å². The SMILES string of the molecule is COc1cccc(Cl)c1CNS(=O)(=O)c1ccc(N)nc1. The second-order valence-corrected chi connectivity index (χ2v) is 6.34. The van der Waals surface area contributed by atoms with Crippen LogP contribution >= 0.6 is 11.6 Å². The number of hydrogen-bond acceptors (Lipinski definition) is 5. The number of anilines is 1. The molecule has 1 aromatic carbocycles. The zero-order valence-corrected chi connectivity index (χ0v) is 12.8. The molecule has 0 aliphatic heterocycles. The standard InChI is InChI=1S/C13H14ClN3O3S/c1-20-12-4-2-3-11(14)10(12)8-17-21(18,19)9-5-6-13(15)16-7-9/h2-7,17H,8H2,1H3,(H2,15,16). The predicted molar refractivity (Wildman–Crippen MR) is 80.7 cm³/mol. The largest absolute Gasteiger partial charge is 0.496 e. The molecule has 6 nitrogen and oxygen atoms in total. The molecule has 0 unspecified atom stereocenters. The van der Waals surface area contributed by atoms with Crippen molar-refractivity contribution < 1.29 is 13.2 Å². The minimum atomic E-state index is -3.70. The third kappa shape index (κ3) is 3.63. The van der Waals surface area contributed by atoms with Gasteiger partial charge in [0.1, 0.15) is 16.5 Å². The summed E-state index contributed by atoms with van der Waals surface area (Å²) in [5, 5.41) is 0.424. The summed E-state index contributed by atoms with van der Waals surface area (Å²) in [6.07, 6.45) is 1.20. The Bertz CT molecular complexity index is 733. The van der Waals surface area contributed by atoms with Crippen LogP contribution in [-0.2, 0) is 16.6 Å². The zero-order valence-electron chi connectivity index (χ0n) is 11.2. The number of sulfonamides is 1. The molecule has 0 atom stereocenters. The maximum Gasteiger partial charge on any atom is 0.242 e. The average molecular weight is 328 g/mol. The molecule has 2 aromatic rings. The Morgan fingerprint density at radius 3 is 2.71 bits per heavy atom. The van der Waals surface area contributed by atoms with E-state index in [0.717, 1.165) is 0 Å². The van der Waals surface area contributed by atoms with Crippen LogP contribution in [0, 0.1) is 0 Å². The molecule has 0 bridgehead atoms. The predicted octanol–water partition coefficient (Wildman–Crippen LogP) is 1.80. The van der Waals surface area contributed by atoms with Crippen molar-refractivity contribution >= 4 is 27.4 Å². The van der Waals surface area contributed by atoms with Gasteiger partial charge in [-0.05, 0) is 24.3 Å². The van der Waals surface area contributed by atoms with Crippen molar-refractivity contribution in [2.24, 2.45) is 0 Å². The number of aromatic nitrogens is 1. The number of ether oxygens (including phenoxy) is 1. The second-order valence-electron chi connectivity index (χ2n) is 4.16. The Balaban J connectivity index is 2.21. The minimum absolute atomic E-state index is 0.00948. The number of nitrogen functional groups attached to an aromatic ring is 1. The topological polar surface area (TPSA) is 94.3 Å². The Kier molecular flexibility index (Phi) is 4.66. The van der Waals surface area contributed by atoms with Crippen molar-refractivity contribution in [2.75, 3.05) is 12.8 Å². The van der Waals surface area contributed by atoms with Crippen molar-refractivity contribution in [3.63, 3.8) is 0 Å². The minimum Gasteiger partial charge on any atom is -0.496 e. The fourth-order valence-electron chi connectivity index (χ4n) is 1.70. The molecule has 0 fully saturated rings. The second kappa shape index (κ2) is 6.30. The summed E-state index contributed by atoms with van der Waals surface area (Å²) in [5.41, 5.74) is 6.00. The lowest BCUT2D eigenvalue weighted by Gasteiger charge is -2.11. The third-order valence-corrected chi connectivity index (χ3v) is 4.54. The summed E-state index contributed by atoms with van der Waals surface area (Å²) in [5.74, 6) is 0.766. The summed E-state index contributed by atoms with van der Waals surface area (Å²) < 4.78 is 31.9. The smallest absolute Gasteiger partial charge is 0.242 e. The van der Waals surface area contributed by atoms with Gasteiger partial charge in [0, 0.05) is 23.3 Å². The van der Waals surface area contributed by atoms with Crippen LogP contribution in [0.15, 0.2) is 41.4 Å². The van der Waals surface area contributed by atoms with Gasteiger partial charge in [-0.2, -0.15) is 0 Å². The van der Waals surface area contributed by atoms with Crippen molar-refractivity contribution in [3.05, 3.63) is 47.1 Å². The molecule has 0 saturated carbocycles. The molecule has 0 aliphatic rings. The summed E-state index contributed by atoms with van der Waals surface area (Å²) in [7, 11) is -2.21. The quantitative estimate of drug-likeness (QED) is 0.873. The van der Waals surface area contributed by atoms with E-state index in [0.29, 0.717) is 16.3 Å². The van der Waals surface area contributed by atoms with E-state index in [4.69, 9.17) is 22.1 Å². The first-order valence-corrected chi connectivity index (χ1v) is 7.83. The van der Waals surface area contributed by atoms with Crippen LogP contribution in [-0.4, -0.2) is 20.5 Å². The number of methoxy groups -OCH3 is 1. The molecule has 1 aromatic heterocycles. The van der Waals surface area contributed by atoms with Crippen LogP contribution < -0.4 is 15.2 Å². The number of hydrogen-bond donors (Lipinski definition) is 2. The summed E-state index contributed by atoms with van der Waals surface area (Å²) in [6, 6.07) is 7.90. The van der Waals surface area contributed by atoms with Crippen molar-refractivity contribution in [1.29, 1.82) is 0 Å². The number of nitrogens with zero attached hydrogens (tertiary/aromatic N) is 1. The number of rotatable bonds is 5. The van der Waals surface area contributed by atoms with E-state index in [2.05, 4.69) is 9.71 Å². The highest BCUT2D eigenvalue weighted by Gasteiger charge is 2.16. The number of nitrogens with two attached hydrogens (primary N) is 1. The van der Waals surface area contributed by atoms with Gasteiger partial charge in [0.15, 0.2) is 0 Å². The third-order valence-electron chi connectivity index (χ3n) is 2.80. The van der Waals surface area contributed by atoms with Crippen LogP contribution in [0.3, 0.4) is 0 Å². The first-order valence-electron chi connectivity index (χ1n) is 5.96. The number of benzene rings is 1. The molecule has 0 aliphatic carbocycles. The van der Waals surface area contributed by atoms with Gasteiger partial charge >= 0.3 is 0 Å². The van der Waals surface area contributed by atoms with E-state index in [9.17, 15) is 8.42 Å². The summed E-state index contributed by atoms with van der Waals surface area (Å²) >= 11 is 6.06. The Hall–Kier alpha value is -1.83. The van der Waals surface area contributed by atoms with E-state index in [1.165, 1.54) is 25.4 Å². The maximum absolute atomic E-state index is 12.2. The van der Waals surface area contributed by atoms with Crippen molar-refractivity contribution in [2.45, 2.75) is 11.4 Å². The van der Waals surface area contributed by atoms with Crippen molar-refractivity contribution in [3.8, 4) is 5.75 Å². The Morgan fingerprint density at radius 2 is 2.10 bits per heavy atom. The Morgan fingerprint density at radius 1 is 1.33 bits per heavy atom. The molecular formula is C13H14ClN3O3S. The molecule has 8 heteroatoms. The fourth-order valence-corrected chi connectivity index (χ4v) is 2.88. The highest BCUT2D eigenvalue weighted by atomic mass is 35.5. The molecule has 3 N–H and O–H groups in total. The molecule has 0 amide bonds. The van der Waals surface area contributed by atoms with Crippen LogP contribution in [0.5, 0.6) is 5.75 Å². The number of pyridine rings is 1. The summed E-state index contributed by atoms with van der Waals surface area (Å²) in [4.78, 5) is 3.79. The van der Waals surface area contributed by atoms with Crippen LogP contribution in [0.2, 0.25) is 5.02 Å². The van der Waals surface area contributed by atoms with E-state index in [1.807, 2.05) is 0 Å². The van der Waals surface area contributed by atoms with Gasteiger partial charge in [-0.15, -0.1) is 0 Å². The van der Waals surface area contributed by atoms with E-state index in [-0.39, 0.29) is 17.3 Å². The maximum atomic E-state index is 12.2. The van der Waals surface area contributed by atoms with E-state index >= 15 is 0 Å². The zero-order chi connectivity index (χ0) is 15.5. The van der Waals surface area contributed by atoms with Gasteiger partial charge in [0.2, 0.25) is 10.0 Å². The molecule has 0 radical (unpaired) electrons. The normalized spacial score (nSPS) is 11.3. The molecule has 21 heavy (non-hydrogen) atoms. The van der Waals surface area contributed by atoms with Crippen molar-refractivity contribution in [1.82, 2.24) is 9.71 Å². The van der Waals surface area contributed by atoms with Gasteiger partial charge in [0.05, 0.1) is 7.11 Å². The van der Waals surface area contributed by atoms with Gasteiger partial charge in [-0.25, -0.2) is 18.1 Å². The highest BCUT2D eigenvalue weighted by Crippen LogP contribution is 2.26. The van der Waals surface area contributed by atoms with Gasteiger partial charge in [-0.1, -0.05) is 17.7 Å². The molecule has 112 valence electrons. The first-order chi connectivity index (χ1) is 9.94. The molecule has 1 heterocycles. The summed E-state index contributed by atoms with van der Waals surface area (Å²) in [6.45, 7) is 0.00948. The van der Waals surface area contributed by atoms with Gasteiger partial charge in [0.25, 0.3) is 0 Å². The lowest BCUT2D eigenvalue weighted by atomic mass is 10.2. The molecular weight excluding hydrogens is 314 g/mol. The molecule has 0 spiro atoms. The van der Waals surface area contributed by atoms with E-state index < -0.39 is 10.0 Å². The van der Waals surface area contributed by atoms with Crippen LogP contribution in [0.25, 0.3) is 0 Å². The highest BCUT2D eigenvalue weighted by molar-refractivity contribution is 7.89. The monoisotopic (exact) mass is 327 g/mol. The molecule has 2 rings (SSSR count). The lowest BCUT2D eigenvalue weighted by molar-refractivity contribution is 0.409. The lowest BCUT2D eigenvalue weighted by Crippen LogP contribution is -2.23. The van der Waals surface area contributed by atoms with Crippen LogP contribution in [0.1, 0.15) is 5.56 Å². The molecule has 0 saturated heterocycles. The first kappa shape index (κ1) is 15.6. The number of halogens is 1. The number of nitrogens with one attached hydrogen (secondary N) is 1. The Labute approximate surface area is 128 Å².